The fourth-order valence-electron chi connectivity index (χ4n) is 0.557. The third-order valence-electron chi connectivity index (χ3n) is 1.87. The number of nitrogens with zero attached hydrogens (tertiary/aromatic N) is 1. The van der Waals surface area contributed by atoms with Crippen molar-refractivity contribution in [2.75, 3.05) is 0 Å². The highest BCUT2D eigenvalue weighted by molar-refractivity contribution is 5.80. The number of hydrogen-bond donors (Lipinski definition) is 1. The van der Waals surface area contributed by atoms with Gasteiger partial charge in [-0.15, -0.1) is 0 Å². The Balaban J connectivity index is 4.17. The van der Waals surface area contributed by atoms with Gasteiger partial charge in [-0.1, -0.05) is 27.7 Å². The molecule has 1 amide bonds. The molecule has 0 saturated heterocycles. The van der Waals surface area contributed by atoms with Gasteiger partial charge in [0.25, 0.3) is 0 Å². The Morgan fingerprint density at radius 3 is 2.27 bits per heavy atom. The molecular weight excluding hydrogens is 140 g/mol. The molecule has 0 aliphatic rings. The van der Waals surface area contributed by atoms with Gasteiger partial charge in [0.2, 0.25) is 5.91 Å². The van der Waals surface area contributed by atoms with Gasteiger partial charge in [0, 0.05) is 5.92 Å². The second-order valence-corrected chi connectivity index (χ2v) is 3.69. The molecule has 0 bridgehead atoms. The van der Waals surface area contributed by atoms with E-state index in [1.807, 2.05) is 27.7 Å². The van der Waals surface area contributed by atoms with Gasteiger partial charge in [0.05, 0.1) is 0 Å². The summed E-state index contributed by atoms with van der Waals surface area (Å²) in [5.74, 6) is -0.345. The van der Waals surface area contributed by atoms with E-state index in [-0.39, 0.29) is 17.2 Å². The molecule has 3 heteroatoms. The Morgan fingerprint density at radius 1 is 1.55 bits per heavy atom. The van der Waals surface area contributed by atoms with E-state index >= 15 is 0 Å². The lowest BCUT2D eigenvalue weighted by molar-refractivity contribution is -0.126. The fourth-order valence-corrected chi connectivity index (χ4v) is 0.557. The lowest BCUT2D eigenvalue weighted by Gasteiger charge is -2.24. The van der Waals surface area contributed by atoms with E-state index in [4.69, 9.17) is 5.26 Å². The Kier molecular flexibility index (Phi) is 3.06. The zero-order valence-corrected chi connectivity index (χ0v) is 7.43. The van der Waals surface area contributed by atoms with E-state index in [1.165, 1.54) is 0 Å². The third kappa shape index (κ3) is 3.03. The molecule has 11 heavy (non-hydrogen) atoms. The number of carbonyl (C=O) groups excluding carboxylic acids is 1. The van der Waals surface area contributed by atoms with Gasteiger partial charge in [0.15, 0.2) is 6.19 Å². The van der Waals surface area contributed by atoms with Crippen LogP contribution >= 0.6 is 0 Å². The summed E-state index contributed by atoms with van der Waals surface area (Å²) in [5.41, 5.74) is -0.0824. The van der Waals surface area contributed by atoms with Crippen LogP contribution in [0.2, 0.25) is 0 Å². The minimum atomic E-state index is -0.208. The van der Waals surface area contributed by atoms with Crippen molar-refractivity contribution in [3.05, 3.63) is 0 Å². The van der Waals surface area contributed by atoms with Crippen LogP contribution in [0.25, 0.3) is 0 Å². The van der Waals surface area contributed by atoms with E-state index in [9.17, 15) is 4.79 Å². The summed E-state index contributed by atoms with van der Waals surface area (Å²) in [7, 11) is 0. The van der Waals surface area contributed by atoms with Crippen LogP contribution in [0.15, 0.2) is 0 Å². The number of nitriles is 1. The normalized spacial score (nSPS) is 13.4. The maximum atomic E-state index is 11.1. The summed E-state index contributed by atoms with van der Waals surface area (Å²) in [5, 5.41) is 10.3. The summed E-state index contributed by atoms with van der Waals surface area (Å²) in [6.45, 7) is 7.71. The average Bonchev–Trinajstić information content (AvgIpc) is 1.85. The van der Waals surface area contributed by atoms with Gasteiger partial charge in [-0.2, -0.15) is 5.26 Å². The van der Waals surface area contributed by atoms with Gasteiger partial charge in [0.1, 0.15) is 0 Å². The first-order valence-corrected chi connectivity index (χ1v) is 3.58. The van der Waals surface area contributed by atoms with E-state index in [2.05, 4.69) is 5.32 Å². The molecule has 0 aromatic rings. The van der Waals surface area contributed by atoms with Gasteiger partial charge < -0.3 is 0 Å². The smallest absolute Gasteiger partial charge is 0.236 e. The predicted octanol–water partition coefficient (Wildman–Crippen LogP) is 1.27. The highest BCUT2D eigenvalue weighted by atomic mass is 16.1. The molecule has 0 rings (SSSR count). The number of rotatable bonds is 1. The second kappa shape index (κ2) is 3.38. The molecule has 0 aromatic carbocycles. The van der Waals surface area contributed by atoms with Gasteiger partial charge >= 0.3 is 0 Å². The van der Waals surface area contributed by atoms with E-state index < -0.39 is 0 Å². The van der Waals surface area contributed by atoms with Crippen molar-refractivity contribution in [3.63, 3.8) is 0 Å². The molecule has 1 N–H and O–H groups in total. The van der Waals surface area contributed by atoms with Crippen molar-refractivity contribution in [2.45, 2.75) is 27.7 Å². The van der Waals surface area contributed by atoms with Gasteiger partial charge in [-0.25, -0.2) is 0 Å². The predicted molar refractivity (Wildman–Crippen MR) is 42.4 cm³/mol. The molecule has 0 aromatic heterocycles. The molecular formula is C8H14N2O. The van der Waals surface area contributed by atoms with Crippen molar-refractivity contribution in [1.82, 2.24) is 5.32 Å². The molecule has 0 radical (unpaired) electrons. The van der Waals surface area contributed by atoms with Crippen LogP contribution in [0.4, 0.5) is 0 Å². The minimum Gasteiger partial charge on any atom is -0.274 e. The Bertz CT molecular complexity index is 185. The third-order valence-corrected chi connectivity index (χ3v) is 1.87. The summed E-state index contributed by atoms with van der Waals surface area (Å²) in [4.78, 5) is 11.1. The van der Waals surface area contributed by atoms with Crippen LogP contribution in [-0.4, -0.2) is 5.91 Å². The molecule has 0 saturated carbocycles. The standard InChI is InChI=1S/C8H14N2O/c1-6(8(2,3)4)7(11)10-5-9/h6H,1-4H3,(H,10,11). The van der Waals surface area contributed by atoms with Crippen LogP contribution in [0.3, 0.4) is 0 Å². The van der Waals surface area contributed by atoms with Crippen LogP contribution in [0.5, 0.6) is 0 Å². The molecule has 0 fully saturated rings. The molecule has 0 aliphatic heterocycles. The quantitative estimate of drug-likeness (QED) is 0.456. The Morgan fingerprint density at radius 2 is 2.00 bits per heavy atom. The lowest BCUT2D eigenvalue weighted by atomic mass is 9.81. The first-order chi connectivity index (χ1) is 4.89. The van der Waals surface area contributed by atoms with E-state index in [1.54, 1.807) is 6.19 Å². The fraction of sp³-hybridized carbons (Fsp3) is 0.750. The maximum Gasteiger partial charge on any atom is 0.236 e. The molecule has 0 aliphatic carbocycles. The van der Waals surface area contributed by atoms with Crippen LogP contribution < -0.4 is 5.32 Å². The zero-order valence-electron chi connectivity index (χ0n) is 7.43. The molecule has 3 nitrogen and oxygen atoms in total. The number of carbonyl (C=O) groups is 1. The summed E-state index contributed by atoms with van der Waals surface area (Å²) in [6.07, 6.45) is 1.62. The van der Waals surface area contributed by atoms with E-state index in [0.29, 0.717) is 0 Å². The molecule has 1 unspecified atom stereocenters. The minimum absolute atomic E-state index is 0.0824. The highest BCUT2D eigenvalue weighted by Gasteiger charge is 2.26. The second-order valence-electron chi connectivity index (χ2n) is 3.69. The maximum absolute atomic E-state index is 11.1. The van der Waals surface area contributed by atoms with Crippen LogP contribution in [0.1, 0.15) is 27.7 Å². The lowest BCUT2D eigenvalue weighted by Crippen LogP contribution is -2.33. The topological polar surface area (TPSA) is 52.9 Å². The number of amides is 1. The molecule has 1 atom stereocenters. The first kappa shape index (κ1) is 9.96. The SMILES string of the molecule is CC(C(=O)NC#N)C(C)(C)C. The van der Waals surface area contributed by atoms with Crippen molar-refractivity contribution in [2.24, 2.45) is 11.3 Å². The van der Waals surface area contributed by atoms with Crippen LogP contribution in [0, 0.1) is 22.8 Å². The monoisotopic (exact) mass is 154 g/mol. The first-order valence-electron chi connectivity index (χ1n) is 3.58. The van der Waals surface area contributed by atoms with Crippen molar-refractivity contribution in [1.29, 1.82) is 5.26 Å². The van der Waals surface area contributed by atoms with E-state index in [0.717, 1.165) is 0 Å². The molecule has 0 heterocycles. The average molecular weight is 154 g/mol. The Labute approximate surface area is 67.4 Å². The molecule has 62 valence electrons. The van der Waals surface area contributed by atoms with Crippen molar-refractivity contribution >= 4 is 5.91 Å². The van der Waals surface area contributed by atoms with Gasteiger partial charge in [-0.3, -0.25) is 10.1 Å². The van der Waals surface area contributed by atoms with Crippen molar-refractivity contribution in [3.8, 4) is 6.19 Å². The van der Waals surface area contributed by atoms with Crippen LogP contribution in [-0.2, 0) is 4.79 Å². The summed E-state index contributed by atoms with van der Waals surface area (Å²) in [6, 6.07) is 0. The van der Waals surface area contributed by atoms with Gasteiger partial charge in [-0.05, 0) is 5.41 Å². The van der Waals surface area contributed by atoms with Crippen molar-refractivity contribution < 1.29 is 4.79 Å². The number of nitrogens with one attached hydrogen (secondary N) is 1. The zero-order chi connectivity index (χ0) is 9.07. The Hall–Kier alpha value is -1.04. The summed E-state index contributed by atoms with van der Waals surface area (Å²) >= 11 is 0. The highest BCUT2D eigenvalue weighted by Crippen LogP contribution is 2.24. The number of hydrogen-bond acceptors (Lipinski definition) is 2. The molecule has 0 spiro atoms. The largest absolute Gasteiger partial charge is 0.274 e. The summed E-state index contributed by atoms with van der Waals surface area (Å²) < 4.78 is 0.